The van der Waals surface area contributed by atoms with Crippen LogP contribution in [0.5, 0.6) is 0 Å². The second-order valence-corrected chi connectivity index (χ2v) is 7.15. The van der Waals surface area contributed by atoms with Gasteiger partial charge in [-0.3, -0.25) is 4.90 Å². The van der Waals surface area contributed by atoms with Gasteiger partial charge in [0.25, 0.3) is 0 Å². The summed E-state index contributed by atoms with van der Waals surface area (Å²) in [5, 5.41) is 4.45. The van der Waals surface area contributed by atoms with E-state index in [0.717, 1.165) is 25.6 Å². The van der Waals surface area contributed by atoms with Crippen LogP contribution in [0.25, 0.3) is 0 Å². The van der Waals surface area contributed by atoms with Crippen LogP contribution < -0.4 is 5.73 Å². The molecule has 0 aromatic carbocycles. The van der Waals surface area contributed by atoms with Crippen LogP contribution in [-0.2, 0) is 11.3 Å². The molecule has 1 heterocycles. The van der Waals surface area contributed by atoms with E-state index in [-0.39, 0.29) is 5.54 Å². The van der Waals surface area contributed by atoms with E-state index in [2.05, 4.69) is 21.7 Å². The molecule has 0 saturated heterocycles. The highest BCUT2D eigenvalue weighted by molar-refractivity contribution is 7.07. The van der Waals surface area contributed by atoms with Gasteiger partial charge in [0.2, 0.25) is 0 Å². The topological polar surface area (TPSA) is 38.5 Å². The molecule has 3 rings (SSSR count). The molecule has 0 aliphatic heterocycles. The lowest BCUT2D eigenvalue weighted by molar-refractivity contribution is -0.0297. The number of rotatable bonds is 6. The van der Waals surface area contributed by atoms with Gasteiger partial charge >= 0.3 is 0 Å². The van der Waals surface area contributed by atoms with E-state index < -0.39 is 0 Å². The second-order valence-electron chi connectivity index (χ2n) is 6.37. The van der Waals surface area contributed by atoms with E-state index in [1.165, 1.54) is 37.7 Å². The molecule has 4 heteroatoms. The number of thiophene rings is 1. The molecule has 3 nitrogen and oxygen atoms in total. The number of hydrogen-bond acceptors (Lipinski definition) is 4. The molecule has 0 bridgehead atoms. The quantitative estimate of drug-likeness (QED) is 0.876. The van der Waals surface area contributed by atoms with Gasteiger partial charge in [-0.25, -0.2) is 0 Å². The molecule has 1 aromatic rings. The van der Waals surface area contributed by atoms with E-state index in [1.807, 2.05) is 7.11 Å². The zero-order valence-electron chi connectivity index (χ0n) is 12.4. The lowest BCUT2D eigenvalue weighted by atomic mass is 9.78. The van der Waals surface area contributed by atoms with Crippen molar-refractivity contribution in [3.63, 3.8) is 0 Å². The van der Waals surface area contributed by atoms with Crippen LogP contribution in [0.3, 0.4) is 0 Å². The predicted molar refractivity (Wildman–Crippen MR) is 83.9 cm³/mol. The van der Waals surface area contributed by atoms with Crippen LogP contribution in [0.4, 0.5) is 0 Å². The zero-order chi connectivity index (χ0) is 14.0. The van der Waals surface area contributed by atoms with Crippen molar-refractivity contribution < 1.29 is 4.74 Å². The van der Waals surface area contributed by atoms with Crippen molar-refractivity contribution in [2.45, 2.75) is 62.8 Å². The van der Waals surface area contributed by atoms with E-state index in [1.54, 1.807) is 11.3 Å². The summed E-state index contributed by atoms with van der Waals surface area (Å²) in [6, 6.07) is 3.00. The molecule has 0 amide bonds. The van der Waals surface area contributed by atoms with Crippen LogP contribution >= 0.6 is 11.3 Å². The van der Waals surface area contributed by atoms with Gasteiger partial charge in [-0.15, -0.1) is 0 Å². The third-order valence-electron chi connectivity index (χ3n) is 5.02. The maximum atomic E-state index is 6.26. The van der Waals surface area contributed by atoms with Gasteiger partial charge in [0, 0.05) is 31.8 Å². The van der Waals surface area contributed by atoms with Crippen LogP contribution in [0.2, 0.25) is 0 Å². The van der Waals surface area contributed by atoms with Crippen molar-refractivity contribution in [3.05, 3.63) is 22.4 Å². The summed E-state index contributed by atoms with van der Waals surface area (Å²) in [4.78, 5) is 2.71. The largest absolute Gasteiger partial charge is 0.381 e. The Bertz CT molecular complexity index is 418. The lowest BCUT2D eigenvalue weighted by Crippen LogP contribution is -2.57. The number of methoxy groups -OCH3 is 1. The minimum Gasteiger partial charge on any atom is -0.381 e. The van der Waals surface area contributed by atoms with Crippen LogP contribution in [0.15, 0.2) is 16.8 Å². The highest BCUT2D eigenvalue weighted by atomic mass is 32.1. The molecule has 0 radical (unpaired) electrons. The van der Waals surface area contributed by atoms with E-state index >= 15 is 0 Å². The lowest BCUT2D eigenvalue weighted by Gasteiger charge is -2.48. The molecule has 2 aliphatic carbocycles. The second kappa shape index (κ2) is 6.14. The Balaban J connectivity index is 1.79. The maximum Gasteiger partial charge on any atom is 0.0589 e. The summed E-state index contributed by atoms with van der Waals surface area (Å²) in [5.41, 5.74) is 7.85. The fraction of sp³-hybridized carbons (Fsp3) is 0.750. The van der Waals surface area contributed by atoms with Crippen molar-refractivity contribution >= 4 is 11.3 Å². The number of ether oxygens (including phenoxy) is 1. The highest BCUT2D eigenvalue weighted by Gasteiger charge is 2.46. The summed E-state index contributed by atoms with van der Waals surface area (Å²) < 4.78 is 5.65. The van der Waals surface area contributed by atoms with Crippen molar-refractivity contribution in [2.24, 2.45) is 5.73 Å². The number of hydrogen-bond donors (Lipinski definition) is 1. The van der Waals surface area contributed by atoms with E-state index in [0.29, 0.717) is 6.10 Å². The van der Waals surface area contributed by atoms with Gasteiger partial charge in [0.1, 0.15) is 0 Å². The summed E-state index contributed by atoms with van der Waals surface area (Å²) in [6.07, 6.45) is 7.81. The van der Waals surface area contributed by atoms with Gasteiger partial charge in [-0.1, -0.05) is 0 Å². The molecule has 2 aliphatic rings. The molecule has 2 N–H and O–H groups in total. The molecule has 112 valence electrons. The number of nitrogens with zero attached hydrogens (tertiary/aromatic N) is 1. The van der Waals surface area contributed by atoms with E-state index in [9.17, 15) is 0 Å². The minimum absolute atomic E-state index is 0.155. The normalized spacial score (nSPS) is 30.9. The monoisotopic (exact) mass is 294 g/mol. The van der Waals surface area contributed by atoms with Gasteiger partial charge in [-0.2, -0.15) is 11.3 Å². The predicted octanol–water partition coefficient (Wildman–Crippen LogP) is 3.00. The SMILES string of the molecule is COC1CCCC(CN)(N(Cc2ccsc2)C2CC2)C1. The molecule has 0 spiro atoms. The molecule has 2 saturated carbocycles. The third kappa shape index (κ3) is 2.93. The van der Waals surface area contributed by atoms with Gasteiger partial charge in [-0.05, 0) is 60.9 Å². The molecule has 2 fully saturated rings. The Morgan fingerprint density at radius 3 is 2.90 bits per heavy atom. The molecule has 2 unspecified atom stereocenters. The fourth-order valence-corrected chi connectivity index (χ4v) is 4.36. The molecular formula is C16H26N2OS. The van der Waals surface area contributed by atoms with Crippen molar-refractivity contribution in [2.75, 3.05) is 13.7 Å². The Morgan fingerprint density at radius 1 is 1.45 bits per heavy atom. The molecule has 20 heavy (non-hydrogen) atoms. The van der Waals surface area contributed by atoms with Gasteiger partial charge in [0.05, 0.1) is 6.10 Å². The first-order valence-electron chi connectivity index (χ1n) is 7.78. The molecular weight excluding hydrogens is 268 g/mol. The first kappa shape index (κ1) is 14.5. The van der Waals surface area contributed by atoms with Crippen molar-refractivity contribution in [1.82, 2.24) is 4.90 Å². The third-order valence-corrected chi connectivity index (χ3v) is 5.75. The molecule has 1 aromatic heterocycles. The van der Waals surface area contributed by atoms with Crippen molar-refractivity contribution in [3.8, 4) is 0 Å². The summed E-state index contributed by atoms with van der Waals surface area (Å²) in [7, 11) is 1.84. The van der Waals surface area contributed by atoms with Crippen molar-refractivity contribution in [1.29, 1.82) is 0 Å². The van der Waals surface area contributed by atoms with Crippen LogP contribution in [0.1, 0.15) is 44.1 Å². The average Bonchev–Trinajstić information content (AvgIpc) is 3.20. The van der Waals surface area contributed by atoms with Gasteiger partial charge < -0.3 is 10.5 Å². The Labute approximate surface area is 126 Å². The first-order valence-corrected chi connectivity index (χ1v) is 8.72. The average molecular weight is 294 g/mol. The Morgan fingerprint density at radius 2 is 2.30 bits per heavy atom. The Hall–Kier alpha value is -0.420. The highest BCUT2D eigenvalue weighted by Crippen LogP contribution is 2.42. The zero-order valence-corrected chi connectivity index (χ0v) is 13.2. The van der Waals surface area contributed by atoms with E-state index in [4.69, 9.17) is 10.5 Å². The summed E-state index contributed by atoms with van der Waals surface area (Å²) in [6.45, 7) is 1.81. The standard InChI is InChI=1S/C16H26N2OS/c1-19-15-3-2-7-16(9-15,12-17)18(14-4-5-14)10-13-6-8-20-11-13/h6,8,11,14-15H,2-5,7,9-10,12,17H2,1H3. The summed E-state index contributed by atoms with van der Waals surface area (Å²) in [5.74, 6) is 0. The first-order chi connectivity index (χ1) is 9.77. The fourth-order valence-electron chi connectivity index (χ4n) is 3.70. The van der Waals surface area contributed by atoms with Crippen LogP contribution in [0, 0.1) is 0 Å². The number of nitrogens with two attached hydrogens (primary N) is 1. The molecule has 2 atom stereocenters. The minimum atomic E-state index is 0.155. The Kier molecular flexibility index (Phi) is 4.46. The maximum absolute atomic E-state index is 6.26. The van der Waals surface area contributed by atoms with Gasteiger partial charge in [0.15, 0.2) is 0 Å². The smallest absolute Gasteiger partial charge is 0.0589 e. The summed E-state index contributed by atoms with van der Waals surface area (Å²) >= 11 is 1.79. The van der Waals surface area contributed by atoms with Crippen LogP contribution in [-0.4, -0.2) is 36.2 Å².